The van der Waals surface area contributed by atoms with Gasteiger partial charge in [0.15, 0.2) is 0 Å². The van der Waals surface area contributed by atoms with E-state index in [1.165, 1.54) is 25.7 Å². The molecule has 0 aromatic carbocycles. The summed E-state index contributed by atoms with van der Waals surface area (Å²) in [6.07, 6.45) is 6.18. The van der Waals surface area contributed by atoms with Gasteiger partial charge >= 0.3 is 0 Å². The summed E-state index contributed by atoms with van der Waals surface area (Å²) in [6.45, 7) is 0. The van der Waals surface area contributed by atoms with Gasteiger partial charge in [0.1, 0.15) is 0 Å². The van der Waals surface area contributed by atoms with Crippen LogP contribution in [0.2, 0.25) is 0 Å². The summed E-state index contributed by atoms with van der Waals surface area (Å²) in [6, 6.07) is 0. The highest BCUT2D eigenvalue weighted by Gasteiger charge is 2.38. The fraction of sp³-hybridized carbons (Fsp3) is 1.00. The van der Waals surface area contributed by atoms with Gasteiger partial charge in [0.05, 0.1) is 6.10 Å². The van der Waals surface area contributed by atoms with Gasteiger partial charge in [0.25, 0.3) is 0 Å². The molecule has 2 rings (SSSR count). The SMILES string of the molecule is OC1CCC2CC[C@@H](Br)CC12. The van der Waals surface area contributed by atoms with Crippen molar-refractivity contribution in [2.45, 2.75) is 43.0 Å². The van der Waals surface area contributed by atoms with Crippen molar-refractivity contribution in [3.05, 3.63) is 0 Å². The van der Waals surface area contributed by atoms with Crippen LogP contribution >= 0.6 is 15.9 Å². The molecule has 4 atom stereocenters. The van der Waals surface area contributed by atoms with E-state index in [2.05, 4.69) is 15.9 Å². The molecule has 2 heteroatoms. The van der Waals surface area contributed by atoms with E-state index in [1.54, 1.807) is 0 Å². The van der Waals surface area contributed by atoms with E-state index in [1.807, 2.05) is 0 Å². The molecular formula is C9H15BrO. The van der Waals surface area contributed by atoms with Crippen LogP contribution in [0.1, 0.15) is 32.1 Å². The van der Waals surface area contributed by atoms with Crippen molar-refractivity contribution in [1.29, 1.82) is 0 Å². The zero-order chi connectivity index (χ0) is 7.84. The van der Waals surface area contributed by atoms with Crippen molar-refractivity contribution in [1.82, 2.24) is 0 Å². The van der Waals surface area contributed by atoms with Crippen molar-refractivity contribution in [2.24, 2.45) is 11.8 Å². The lowest BCUT2D eigenvalue weighted by molar-refractivity contribution is 0.0986. The third-order valence-electron chi connectivity index (χ3n) is 3.31. The minimum atomic E-state index is 0.0142. The standard InChI is InChI=1S/C9H15BrO/c10-7-3-1-6-2-4-9(11)8(6)5-7/h6-9,11H,1-5H2/t6?,7-,8?,9?/m1/s1. The summed E-state index contributed by atoms with van der Waals surface area (Å²) in [5.74, 6) is 1.46. The molecule has 2 fully saturated rings. The van der Waals surface area contributed by atoms with Crippen LogP contribution in [0.15, 0.2) is 0 Å². The molecule has 1 nitrogen and oxygen atoms in total. The predicted octanol–water partition coefficient (Wildman–Crippen LogP) is 2.32. The summed E-state index contributed by atoms with van der Waals surface area (Å²) in [4.78, 5) is 0.677. The van der Waals surface area contributed by atoms with E-state index >= 15 is 0 Å². The minimum Gasteiger partial charge on any atom is -0.393 e. The first-order valence-corrected chi connectivity index (χ1v) is 5.51. The summed E-state index contributed by atoms with van der Waals surface area (Å²) in [5.41, 5.74) is 0. The lowest BCUT2D eigenvalue weighted by Gasteiger charge is -2.30. The highest BCUT2D eigenvalue weighted by molar-refractivity contribution is 9.09. The Morgan fingerprint density at radius 2 is 1.82 bits per heavy atom. The van der Waals surface area contributed by atoms with Crippen molar-refractivity contribution in [3.63, 3.8) is 0 Å². The Morgan fingerprint density at radius 1 is 1.09 bits per heavy atom. The van der Waals surface area contributed by atoms with Gasteiger partial charge in [0.2, 0.25) is 0 Å². The highest BCUT2D eigenvalue weighted by Crippen LogP contribution is 2.43. The van der Waals surface area contributed by atoms with Crippen molar-refractivity contribution in [3.8, 4) is 0 Å². The molecule has 0 heterocycles. The van der Waals surface area contributed by atoms with Crippen molar-refractivity contribution in [2.75, 3.05) is 0 Å². The summed E-state index contributed by atoms with van der Waals surface area (Å²) in [5, 5.41) is 9.62. The Labute approximate surface area is 76.3 Å². The van der Waals surface area contributed by atoms with Crippen LogP contribution in [-0.4, -0.2) is 16.0 Å². The van der Waals surface area contributed by atoms with Crippen LogP contribution in [0, 0.1) is 11.8 Å². The molecule has 2 aliphatic carbocycles. The molecule has 0 bridgehead atoms. The van der Waals surface area contributed by atoms with Crippen LogP contribution in [0.25, 0.3) is 0 Å². The lowest BCUT2D eigenvalue weighted by atomic mass is 9.81. The summed E-state index contributed by atoms with van der Waals surface area (Å²) in [7, 11) is 0. The minimum absolute atomic E-state index is 0.0142. The molecule has 0 aliphatic heterocycles. The first-order chi connectivity index (χ1) is 5.27. The first-order valence-electron chi connectivity index (χ1n) is 4.59. The number of halogens is 1. The second kappa shape index (κ2) is 3.06. The van der Waals surface area contributed by atoms with E-state index in [0.29, 0.717) is 10.7 Å². The molecule has 0 aromatic rings. The van der Waals surface area contributed by atoms with Crippen LogP contribution in [0.4, 0.5) is 0 Å². The Kier molecular flexibility index (Phi) is 2.24. The normalized spacial score (nSPS) is 50.7. The third-order valence-corrected chi connectivity index (χ3v) is 4.14. The average Bonchev–Trinajstić information content (AvgIpc) is 2.33. The Balaban J connectivity index is 2.01. The molecule has 64 valence electrons. The van der Waals surface area contributed by atoms with E-state index in [-0.39, 0.29) is 6.10 Å². The molecule has 2 aliphatic rings. The second-order valence-corrected chi connectivity index (χ2v) is 5.27. The van der Waals surface area contributed by atoms with E-state index < -0.39 is 0 Å². The molecule has 11 heavy (non-hydrogen) atoms. The number of rotatable bonds is 0. The maximum atomic E-state index is 9.62. The fourth-order valence-corrected chi connectivity index (χ4v) is 3.34. The van der Waals surface area contributed by atoms with Crippen molar-refractivity contribution < 1.29 is 5.11 Å². The number of aliphatic hydroxyl groups is 1. The Hall–Kier alpha value is 0.440. The van der Waals surface area contributed by atoms with Gasteiger partial charge in [-0.25, -0.2) is 0 Å². The van der Waals surface area contributed by atoms with Gasteiger partial charge in [-0.1, -0.05) is 15.9 Å². The van der Waals surface area contributed by atoms with Gasteiger partial charge < -0.3 is 5.11 Å². The number of hydrogen-bond donors (Lipinski definition) is 1. The number of aliphatic hydroxyl groups excluding tert-OH is 1. The van der Waals surface area contributed by atoms with E-state index in [9.17, 15) is 5.11 Å². The maximum absolute atomic E-state index is 9.62. The molecule has 3 unspecified atom stereocenters. The molecule has 2 saturated carbocycles. The van der Waals surface area contributed by atoms with E-state index in [0.717, 1.165) is 12.3 Å². The largest absolute Gasteiger partial charge is 0.393 e. The van der Waals surface area contributed by atoms with Crippen molar-refractivity contribution >= 4 is 15.9 Å². The first kappa shape index (κ1) is 8.06. The van der Waals surface area contributed by atoms with Crippen LogP contribution in [0.3, 0.4) is 0 Å². The lowest BCUT2D eigenvalue weighted by Crippen LogP contribution is -2.27. The molecule has 0 aromatic heterocycles. The van der Waals surface area contributed by atoms with Crippen LogP contribution < -0.4 is 0 Å². The zero-order valence-corrected chi connectivity index (χ0v) is 8.26. The molecular weight excluding hydrogens is 204 g/mol. The monoisotopic (exact) mass is 218 g/mol. The molecule has 0 radical (unpaired) electrons. The smallest absolute Gasteiger partial charge is 0.0571 e. The number of alkyl halides is 1. The fourth-order valence-electron chi connectivity index (χ4n) is 2.64. The van der Waals surface area contributed by atoms with Gasteiger partial charge in [-0.05, 0) is 43.9 Å². The molecule has 0 amide bonds. The predicted molar refractivity (Wildman–Crippen MR) is 48.8 cm³/mol. The summed E-state index contributed by atoms with van der Waals surface area (Å²) < 4.78 is 0. The van der Waals surface area contributed by atoms with Gasteiger partial charge in [-0.15, -0.1) is 0 Å². The van der Waals surface area contributed by atoms with Crippen LogP contribution in [-0.2, 0) is 0 Å². The summed E-state index contributed by atoms with van der Waals surface area (Å²) >= 11 is 3.64. The number of hydrogen-bond acceptors (Lipinski definition) is 1. The third kappa shape index (κ3) is 1.48. The van der Waals surface area contributed by atoms with Gasteiger partial charge in [-0.2, -0.15) is 0 Å². The topological polar surface area (TPSA) is 20.2 Å². The molecule has 0 saturated heterocycles. The van der Waals surface area contributed by atoms with Gasteiger partial charge in [0, 0.05) is 4.83 Å². The van der Waals surface area contributed by atoms with E-state index in [4.69, 9.17) is 0 Å². The average molecular weight is 219 g/mol. The molecule has 1 N–H and O–H groups in total. The number of fused-ring (bicyclic) bond motifs is 1. The second-order valence-electron chi connectivity index (χ2n) is 3.98. The van der Waals surface area contributed by atoms with Crippen LogP contribution in [0.5, 0.6) is 0 Å². The highest BCUT2D eigenvalue weighted by atomic mass is 79.9. The Bertz CT molecular complexity index is 148. The Morgan fingerprint density at radius 3 is 2.64 bits per heavy atom. The maximum Gasteiger partial charge on any atom is 0.0571 e. The molecule has 0 spiro atoms. The van der Waals surface area contributed by atoms with Gasteiger partial charge in [-0.3, -0.25) is 0 Å². The quantitative estimate of drug-likeness (QED) is 0.620. The zero-order valence-electron chi connectivity index (χ0n) is 6.67.